The second kappa shape index (κ2) is 8.54. The second-order valence-corrected chi connectivity index (χ2v) is 2.46. The van der Waals surface area contributed by atoms with Gasteiger partial charge in [-0.1, -0.05) is 0 Å². The summed E-state index contributed by atoms with van der Waals surface area (Å²) in [5.74, 6) is 2.39. The molecule has 12 heavy (non-hydrogen) atoms. The summed E-state index contributed by atoms with van der Waals surface area (Å²) in [4.78, 5) is 0. The van der Waals surface area contributed by atoms with Crippen molar-refractivity contribution in [1.29, 1.82) is 0 Å². The molecule has 0 fully saturated rings. The summed E-state index contributed by atoms with van der Waals surface area (Å²) in [6.07, 6.45) is 5.57. The summed E-state index contributed by atoms with van der Waals surface area (Å²) in [5.41, 5.74) is 0. The SMILES string of the molecule is C#CCC(O)CCOCCOC. The third kappa shape index (κ3) is 7.55. The van der Waals surface area contributed by atoms with Crippen LogP contribution in [0.15, 0.2) is 0 Å². The summed E-state index contributed by atoms with van der Waals surface area (Å²) in [5, 5.41) is 9.15. The minimum Gasteiger partial charge on any atom is -0.392 e. The minimum atomic E-state index is -0.433. The molecule has 3 heteroatoms. The lowest BCUT2D eigenvalue weighted by Crippen LogP contribution is -2.11. The van der Waals surface area contributed by atoms with E-state index in [0.717, 1.165) is 0 Å². The Kier molecular flexibility index (Phi) is 8.14. The monoisotopic (exact) mass is 172 g/mol. The van der Waals surface area contributed by atoms with E-state index < -0.39 is 6.10 Å². The molecule has 0 saturated heterocycles. The molecular formula is C9H16O3. The molecule has 1 N–H and O–H groups in total. The zero-order valence-corrected chi connectivity index (χ0v) is 7.45. The molecule has 0 rings (SSSR count). The fourth-order valence-corrected chi connectivity index (χ4v) is 0.702. The van der Waals surface area contributed by atoms with E-state index >= 15 is 0 Å². The lowest BCUT2D eigenvalue weighted by molar-refractivity contribution is 0.0488. The van der Waals surface area contributed by atoms with Crippen molar-refractivity contribution in [2.24, 2.45) is 0 Å². The van der Waals surface area contributed by atoms with E-state index in [0.29, 0.717) is 32.7 Å². The van der Waals surface area contributed by atoms with E-state index in [1.165, 1.54) is 0 Å². The fraction of sp³-hybridized carbons (Fsp3) is 0.778. The molecule has 0 radical (unpaired) electrons. The van der Waals surface area contributed by atoms with E-state index in [1.54, 1.807) is 7.11 Å². The Morgan fingerprint density at radius 3 is 2.75 bits per heavy atom. The van der Waals surface area contributed by atoms with E-state index in [1.807, 2.05) is 0 Å². The number of ether oxygens (including phenoxy) is 2. The first-order valence-corrected chi connectivity index (χ1v) is 3.99. The van der Waals surface area contributed by atoms with Gasteiger partial charge in [-0.15, -0.1) is 12.3 Å². The van der Waals surface area contributed by atoms with E-state index in [9.17, 15) is 0 Å². The van der Waals surface area contributed by atoms with Crippen molar-refractivity contribution in [2.75, 3.05) is 26.9 Å². The van der Waals surface area contributed by atoms with Gasteiger partial charge in [0.25, 0.3) is 0 Å². The smallest absolute Gasteiger partial charge is 0.0700 e. The number of aliphatic hydroxyl groups excluding tert-OH is 1. The Bertz CT molecular complexity index is 128. The van der Waals surface area contributed by atoms with Crippen LogP contribution >= 0.6 is 0 Å². The Labute approximate surface area is 73.7 Å². The molecule has 70 valence electrons. The molecular weight excluding hydrogens is 156 g/mol. The highest BCUT2D eigenvalue weighted by Crippen LogP contribution is 1.96. The van der Waals surface area contributed by atoms with Crippen LogP contribution in [0.5, 0.6) is 0 Å². The van der Waals surface area contributed by atoms with Crippen LogP contribution in [0.25, 0.3) is 0 Å². The number of methoxy groups -OCH3 is 1. The van der Waals surface area contributed by atoms with Crippen molar-refractivity contribution < 1.29 is 14.6 Å². The zero-order valence-electron chi connectivity index (χ0n) is 7.45. The molecule has 0 aliphatic heterocycles. The van der Waals surface area contributed by atoms with Gasteiger partial charge in [-0.25, -0.2) is 0 Å². The van der Waals surface area contributed by atoms with Gasteiger partial charge in [0.15, 0.2) is 0 Å². The highest BCUT2D eigenvalue weighted by Gasteiger charge is 2.00. The van der Waals surface area contributed by atoms with Crippen LogP contribution in [0, 0.1) is 12.3 Å². The first-order valence-electron chi connectivity index (χ1n) is 3.99. The number of aliphatic hydroxyl groups is 1. The predicted octanol–water partition coefficient (Wildman–Crippen LogP) is 0.424. The summed E-state index contributed by atoms with van der Waals surface area (Å²) in [6.45, 7) is 1.69. The van der Waals surface area contributed by atoms with E-state index in [2.05, 4.69) is 5.92 Å². The molecule has 0 heterocycles. The first-order chi connectivity index (χ1) is 5.81. The van der Waals surface area contributed by atoms with Gasteiger partial charge in [0.1, 0.15) is 0 Å². The van der Waals surface area contributed by atoms with Gasteiger partial charge < -0.3 is 14.6 Å². The van der Waals surface area contributed by atoms with Crippen LogP contribution in [0.4, 0.5) is 0 Å². The molecule has 1 atom stereocenters. The third-order valence-corrected chi connectivity index (χ3v) is 1.38. The van der Waals surface area contributed by atoms with Gasteiger partial charge in [-0.05, 0) is 6.42 Å². The quantitative estimate of drug-likeness (QED) is 0.447. The van der Waals surface area contributed by atoms with Crippen LogP contribution in [0.2, 0.25) is 0 Å². The number of rotatable bonds is 7. The maximum absolute atomic E-state index is 9.15. The van der Waals surface area contributed by atoms with Crippen molar-refractivity contribution in [1.82, 2.24) is 0 Å². The molecule has 0 aliphatic rings. The highest BCUT2D eigenvalue weighted by molar-refractivity contribution is 4.86. The average Bonchev–Trinajstić information content (AvgIpc) is 2.05. The Morgan fingerprint density at radius 1 is 1.42 bits per heavy atom. The van der Waals surface area contributed by atoms with Gasteiger partial charge in [0, 0.05) is 20.1 Å². The Morgan fingerprint density at radius 2 is 2.17 bits per heavy atom. The molecule has 0 aromatic carbocycles. The molecule has 0 saturated carbocycles. The van der Waals surface area contributed by atoms with Gasteiger partial charge in [0.05, 0.1) is 19.3 Å². The lowest BCUT2D eigenvalue weighted by Gasteiger charge is -2.06. The van der Waals surface area contributed by atoms with Crippen LogP contribution < -0.4 is 0 Å². The summed E-state index contributed by atoms with van der Waals surface area (Å²) < 4.78 is 9.91. The summed E-state index contributed by atoms with van der Waals surface area (Å²) in [7, 11) is 1.62. The molecule has 0 amide bonds. The van der Waals surface area contributed by atoms with Gasteiger partial charge in [0.2, 0.25) is 0 Å². The maximum Gasteiger partial charge on any atom is 0.0700 e. The molecule has 0 aliphatic carbocycles. The van der Waals surface area contributed by atoms with Crippen LogP contribution in [-0.4, -0.2) is 38.1 Å². The Balaban J connectivity index is 3.04. The Hall–Kier alpha value is -0.560. The average molecular weight is 172 g/mol. The van der Waals surface area contributed by atoms with Gasteiger partial charge in [-0.2, -0.15) is 0 Å². The number of hydrogen-bond donors (Lipinski definition) is 1. The predicted molar refractivity (Wildman–Crippen MR) is 46.8 cm³/mol. The van der Waals surface area contributed by atoms with Gasteiger partial charge in [-0.3, -0.25) is 0 Å². The zero-order chi connectivity index (χ0) is 9.23. The summed E-state index contributed by atoms with van der Waals surface area (Å²) >= 11 is 0. The van der Waals surface area contributed by atoms with Crippen molar-refractivity contribution in [3.05, 3.63) is 0 Å². The van der Waals surface area contributed by atoms with Crippen LogP contribution in [0.3, 0.4) is 0 Å². The third-order valence-electron chi connectivity index (χ3n) is 1.38. The van der Waals surface area contributed by atoms with Crippen molar-refractivity contribution in [3.8, 4) is 12.3 Å². The minimum absolute atomic E-state index is 0.396. The number of hydrogen-bond acceptors (Lipinski definition) is 3. The summed E-state index contributed by atoms with van der Waals surface area (Å²) in [6, 6.07) is 0. The molecule has 0 aromatic heterocycles. The molecule has 0 spiro atoms. The topological polar surface area (TPSA) is 38.7 Å². The van der Waals surface area contributed by atoms with Crippen LogP contribution in [-0.2, 0) is 9.47 Å². The second-order valence-electron chi connectivity index (χ2n) is 2.46. The van der Waals surface area contributed by atoms with E-state index in [-0.39, 0.29) is 0 Å². The van der Waals surface area contributed by atoms with Crippen LogP contribution in [0.1, 0.15) is 12.8 Å². The van der Waals surface area contributed by atoms with Crippen molar-refractivity contribution in [2.45, 2.75) is 18.9 Å². The van der Waals surface area contributed by atoms with Gasteiger partial charge >= 0.3 is 0 Å². The largest absolute Gasteiger partial charge is 0.392 e. The molecule has 0 bridgehead atoms. The standard InChI is InChI=1S/C9H16O3/c1-3-4-9(10)5-6-12-8-7-11-2/h1,9-10H,4-8H2,2H3. The van der Waals surface area contributed by atoms with Crippen molar-refractivity contribution in [3.63, 3.8) is 0 Å². The van der Waals surface area contributed by atoms with Crippen molar-refractivity contribution >= 4 is 0 Å². The maximum atomic E-state index is 9.15. The highest BCUT2D eigenvalue weighted by atomic mass is 16.5. The van der Waals surface area contributed by atoms with E-state index in [4.69, 9.17) is 21.0 Å². The number of terminal acetylenes is 1. The fourth-order valence-electron chi connectivity index (χ4n) is 0.702. The lowest BCUT2D eigenvalue weighted by atomic mass is 10.2. The normalized spacial score (nSPS) is 12.4. The molecule has 3 nitrogen and oxygen atoms in total. The molecule has 0 aromatic rings. The first kappa shape index (κ1) is 11.4. The molecule has 1 unspecified atom stereocenters.